The normalized spacial score (nSPS) is 20.8. The smallest absolute Gasteiger partial charge is 0.336 e. The van der Waals surface area contributed by atoms with Crippen LogP contribution in [0.2, 0.25) is 0 Å². The SMILES string of the molecule is CCOC(=O)C1=C(C)NC2=C(C(=O)C[C@@H](c3cccc(OC)c3)C2)[C@@H]1c1ccccn1. The highest BCUT2D eigenvalue weighted by Gasteiger charge is 2.42. The van der Waals surface area contributed by atoms with Crippen molar-refractivity contribution in [2.75, 3.05) is 13.7 Å². The van der Waals surface area contributed by atoms with Gasteiger partial charge in [-0.25, -0.2) is 4.79 Å². The van der Waals surface area contributed by atoms with Crippen molar-refractivity contribution in [2.45, 2.75) is 38.5 Å². The molecule has 0 saturated carbocycles. The molecule has 0 spiro atoms. The molecule has 1 aliphatic carbocycles. The maximum absolute atomic E-state index is 13.5. The lowest BCUT2D eigenvalue weighted by molar-refractivity contribution is -0.138. The van der Waals surface area contributed by atoms with Gasteiger partial charge in [0.15, 0.2) is 5.78 Å². The summed E-state index contributed by atoms with van der Waals surface area (Å²) in [4.78, 5) is 30.8. The van der Waals surface area contributed by atoms with Gasteiger partial charge >= 0.3 is 5.97 Å². The zero-order valence-corrected chi connectivity index (χ0v) is 18.0. The summed E-state index contributed by atoms with van der Waals surface area (Å²) in [7, 11) is 1.64. The number of esters is 1. The Hall–Kier alpha value is -3.41. The van der Waals surface area contributed by atoms with Crippen molar-refractivity contribution in [1.29, 1.82) is 0 Å². The van der Waals surface area contributed by atoms with Gasteiger partial charge in [0.1, 0.15) is 5.75 Å². The molecule has 0 radical (unpaired) electrons. The highest BCUT2D eigenvalue weighted by atomic mass is 16.5. The number of rotatable bonds is 5. The number of allylic oxidation sites excluding steroid dienone is 3. The molecule has 160 valence electrons. The van der Waals surface area contributed by atoms with Crippen LogP contribution in [0.15, 0.2) is 71.2 Å². The third-order valence-corrected chi connectivity index (χ3v) is 5.87. The van der Waals surface area contributed by atoms with Gasteiger partial charge < -0.3 is 14.8 Å². The van der Waals surface area contributed by atoms with Gasteiger partial charge in [0.25, 0.3) is 0 Å². The molecule has 0 amide bonds. The predicted octanol–water partition coefficient (Wildman–Crippen LogP) is 4.01. The zero-order chi connectivity index (χ0) is 22.0. The van der Waals surface area contributed by atoms with E-state index >= 15 is 0 Å². The molecule has 31 heavy (non-hydrogen) atoms. The second kappa shape index (κ2) is 8.76. The Bertz CT molecular complexity index is 1070. The maximum atomic E-state index is 13.5. The van der Waals surface area contributed by atoms with Gasteiger partial charge in [-0.2, -0.15) is 0 Å². The number of dihydropyridines is 1. The molecule has 0 fully saturated rings. The van der Waals surface area contributed by atoms with Crippen molar-refractivity contribution in [3.63, 3.8) is 0 Å². The lowest BCUT2D eigenvalue weighted by Gasteiger charge is -2.36. The number of benzene rings is 1. The first-order valence-electron chi connectivity index (χ1n) is 10.5. The molecule has 2 atom stereocenters. The summed E-state index contributed by atoms with van der Waals surface area (Å²) in [5, 5.41) is 3.34. The van der Waals surface area contributed by atoms with Gasteiger partial charge in [0, 0.05) is 29.6 Å². The Morgan fingerprint density at radius 3 is 2.74 bits per heavy atom. The molecule has 0 unspecified atom stereocenters. The largest absolute Gasteiger partial charge is 0.497 e. The van der Waals surface area contributed by atoms with E-state index in [1.54, 1.807) is 20.2 Å². The molecule has 4 rings (SSSR count). The average molecular weight is 418 g/mol. The number of aromatic nitrogens is 1. The standard InChI is InChI=1S/C25H26N2O4/c1-4-31-25(29)22-15(2)27-20-13-17(16-8-7-9-18(12-16)30-3)14-21(28)23(20)24(22)19-10-5-6-11-26-19/h5-12,17,24,27H,4,13-14H2,1-3H3/t17-,24+/m0/s1. The molecular formula is C25H26N2O4. The number of carbonyl (C=O) groups excluding carboxylic acids is 2. The lowest BCUT2D eigenvalue weighted by Crippen LogP contribution is -2.36. The minimum atomic E-state index is -0.532. The number of ether oxygens (including phenoxy) is 2. The first-order valence-corrected chi connectivity index (χ1v) is 10.5. The van der Waals surface area contributed by atoms with Crippen LogP contribution >= 0.6 is 0 Å². The highest BCUT2D eigenvalue weighted by molar-refractivity contribution is 6.04. The third kappa shape index (κ3) is 3.98. The van der Waals surface area contributed by atoms with E-state index in [0.717, 1.165) is 17.0 Å². The Morgan fingerprint density at radius 2 is 2.03 bits per heavy atom. The number of hydrogen-bond donors (Lipinski definition) is 1. The van der Waals surface area contributed by atoms with Crippen LogP contribution in [-0.4, -0.2) is 30.5 Å². The Morgan fingerprint density at radius 1 is 1.19 bits per heavy atom. The molecular weight excluding hydrogens is 392 g/mol. The second-order valence-corrected chi connectivity index (χ2v) is 7.77. The van der Waals surface area contributed by atoms with Crippen molar-refractivity contribution in [3.8, 4) is 5.75 Å². The van der Waals surface area contributed by atoms with Crippen LogP contribution in [-0.2, 0) is 14.3 Å². The van der Waals surface area contributed by atoms with E-state index in [2.05, 4.69) is 10.3 Å². The molecule has 1 N–H and O–H groups in total. The minimum Gasteiger partial charge on any atom is -0.497 e. The summed E-state index contributed by atoms with van der Waals surface area (Å²) in [5.74, 6) is -0.122. The van der Waals surface area contributed by atoms with Crippen molar-refractivity contribution < 1.29 is 19.1 Å². The van der Waals surface area contributed by atoms with Gasteiger partial charge in [-0.05, 0) is 56.0 Å². The van der Waals surface area contributed by atoms with Gasteiger partial charge in [0.05, 0.1) is 30.9 Å². The van der Waals surface area contributed by atoms with Crippen LogP contribution < -0.4 is 10.1 Å². The number of carbonyl (C=O) groups is 2. The molecule has 2 aliphatic rings. The summed E-state index contributed by atoms with van der Waals surface area (Å²) in [6.07, 6.45) is 2.72. The number of Topliss-reactive ketones (excluding diaryl/α,β-unsaturated/α-hetero) is 1. The van der Waals surface area contributed by atoms with E-state index in [-0.39, 0.29) is 18.3 Å². The number of hydrogen-bond acceptors (Lipinski definition) is 6. The van der Waals surface area contributed by atoms with Crippen molar-refractivity contribution in [2.24, 2.45) is 0 Å². The molecule has 0 bridgehead atoms. The Balaban J connectivity index is 1.77. The quantitative estimate of drug-likeness (QED) is 0.739. The maximum Gasteiger partial charge on any atom is 0.336 e. The Kier molecular flexibility index (Phi) is 5.89. The first-order chi connectivity index (χ1) is 15.0. The number of pyridine rings is 1. The predicted molar refractivity (Wildman–Crippen MR) is 116 cm³/mol. The lowest BCUT2D eigenvalue weighted by atomic mass is 9.73. The summed E-state index contributed by atoms with van der Waals surface area (Å²) < 4.78 is 10.7. The van der Waals surface area contributed by atoms with E-state index in [1.807, 2.05) is 49.4 Å². The van der Waals surface area contributed by atoms with E-state index in [9.17, 15) is 9.59 Å². The molecule has 0 saturated heterocycles. The number of methoxy groups -OCH3 is 1. The van der Waals surface area contributed by atoms with Gasteiger partial charge in [-0.15, -0.1) is 0 Å². The van der Waals surface area contributed by atoms with Crippen molar-refractivity contribution >= 4 is 11.8 Å². The molecule has 6 nitrogen and oxygen atoms in total. The summed E-state index contributed by atoms with van der Waals surface area (Å²) in [5.41, 5.74) is 4.36. The van der Waals surface area contributed by atoms with Crippen LogP contribution in [0.5, 0.6) is 5.75 Å². The van der Waals surface area contributed by atoms with Gasteiger partial charge in [-0.3, -0.25) is 9.78 Å². The van der Waals surface area contributed by atoms with E-state index in [1.165, 1.54) is 0 Å². The van der Waals surface area contributed by atoms with Crippen LogP contribution in [0.4, 0.5) is 0 Å². The van der Waals surface area contributed by atoms with Crippen LogP contribution in [0.25, 0.3) is 0 Å². The summed E-state index contributed by atoms with van der Waals surface area (Å²) >= 11 is 0. The minimum absolute atomic E-state index is 0.0199. The fourth-order valence-corrected chi connectivity index (χ4v) is 4.49. The molecule has 6 heteroatoms. The molecule has 2 heterocycles. The summed E-state index contributed by atoms with van der Waals surface area (Å²) in [6, 6.07) is 13.4. The molecule has 1 aliphatic heterocycles. The van der Waals surface area contributed by atoms with Crippen molar-refractivity contribution in [3.05, 3.63) is 82.5 Å². The summed E-state index contributed by atoms with van der Waals surface area (Å²) in [6.45, 7) is 3.89. The van der Waals surface area contributed by atoms with E-state index < -0.39 is 11.9 Å². The van der Waals surface area contributed by atoms with Crippen LogP contribution in [0, 0.1) is 0 Å². The molecule has 2 aromatic rings. The van der Waals surface area contributed by atoms with Crippen LogP contribution in [0.3, 0.4) is 0 Å². The molecule has 1 aromatic heterocycles. The number of ketones is 1. The van der Waals surface area contributed by atoms with Crippen LogP contribution in [0.1, 0.15) is 49.8 Å². The number of nitrogens with one attached hydrogen (secondary N) is 1. The first kappa shape index (κ1) is 20.8. The fourth-order valence-electron chi connectivity index (χ4n) is 4.49. The number of nitrogens with zero attached hydrogens (tertiary/aromatic N) is 1. The molecule has 1 aromatic carbocycles. The van der Waals surface area contributed by atoms with Gasteiger partial charge in [-0.1, -0.05) is 18.2 Å². The highest BCUT2D eigenvalue weighted by Crippen LogP contribution is 2.45. The fraction of sp³-hybridized carbons (Fsp3) is 0.320. The zero-order valence-electron chi connectivity index (χ0n) is 18.0. The van der Waals surface area contributed by atoms with Gasteiger partial charge in [0.2, 0.25) is 0 Å². The van der Waals surface area contributed by atoms with Crippen molar-refractivity contribution in [1.82, 2.24) is 10.3 Å². The topological polar surface area (TPSA) is 77.5 Å². The second-order valence-electron chi connectivity index (χ2n) is 7.77. The van der Waals surface area contributed by atoms with E-state index in [0.29, 0.717) is 35.4 Å². The monoisotopic (exact) mass is 418 g/mol. The third-order valence-electron chi connectivity index (χ3n) is 5.87. The van der Waals surface area contributed by atoms with E-state index in [4.69, 9.17) is 9.47 Å². The Labute approximate surface area is 182 Å². The average Bonchev–Trinajstić information content (AvgIpc) is 2.78.